The minimum Gasteiger partial charge on any atom is -0.378 e. The molecule has 0 aliphatic carbocycles. The van der Waals surface area contributed by atoms with Crippen LogP contribution >= 0.6 is 12.2 Å². The number of rotatable bonds is 3. The molecule has 1 aromatic heterocycles. The van der Waals surface area contributed by atoms with E-state index in [2.05, 4.69) is 14.9 Å². The van der Waals surface area contributed by atoms with Gasteiger partial charge in [0.05, 0.1) is 19.8 Å². The zero-order chi connectivity index (χ0) is 11.4. The molecule has 1 N–H and O–H groups in total. The van der Waals surface area contributed by atoms with Gasteiger partial charge in [0.2, 0.25) is 5.95 Å². The maximum atomic E-state index is 5.30. The van der Waals surface area contributed by atoms with Gasteiger partial charge in [0.15, 0.2) is 0 Å². The van der Waals surface area contributed by atoms with Crippen LogP contribution in [0.25, 0.3) is 0 Å². The number of ether oxygens (including phenoxy) is 2. The van der Waals surface area contributed by atoms with Gasteiger partial charge >= 0.3 is 0 Å². The zero-order valence-corrected chi connectivity index (χ0v) is 10.0. The van der Waals surface area contributed by atoms with Gasteiger partial charge in [-0.1, -0.05) is 12.2 Å². The van der Waals surface area contributed by atoms with Gasteiger partial charge in [-0.15, -0.1) is 0 Å². The van der Waals surface area contributed by atoms with Gasteiger partial charge in [0.25, 0.3) is 0 Å². The lowest BCUT2D eigenvalue weighted by Gasteiger charge is -2.27. The van der Waals surface area contributed by atoms with Crippen LogP contribution in [0, 0.1) is 4.64 Å². The molecule has 1 aliphatic rings. The van der Waals surface area contributed by atoms with Gasteiger partial charge in [-0.3, -0.25) is 0 Å². The van der Waals surface area contributed by atoms with Crippen molar-refractivity contribution in [2.45, 2.75) is 6.61 Å². The monoisotopic (exact) mass is 241 g/mol. The van der Waals surface area contributed by atoms with E-state index >= 15 is 0 Å². The van der Waals surface area contributed by atoms with E-state index in [4.69, 9.17) is 21.7 Å². The zero-order valence-electron chi connectivity index (χ0n) is 9.23. The second-order valence-electron chi connectivity index (χ2n) is 3.60. The van der Waals surface area contributed by atoms with Gasteiger partial charge in [-0.2, -0.15) is 0 Å². The first-order chi connectivity index (χ1) is 7.79. The van der Waals surface area contributed by atoms with E-state index in [1.807, 2.05) is 6.07 Å². The van der Waals surface area contributed by atoms with Crippen LogP contribution in [-0.2, 0) is 16.1 Å². The molecule has 0 amide bonds. The lowest BCUT2D eigenvalue weighted by atomic mass is 10.4. The lowest BCUT2D eigenvalue weighted by molar-refractivity contribution is 0.122. The van der Waals surface area contributed by atoms with Crippen LogP contribution in [0.3, 0.4) is 0 Å². The standard InChI is InChI=1S/C10H15N3O2S/c1-14-7-8-6-9(16)12-10(11-8)13-2-4-15-5-3-13/h6H,2-5,7H2,1H3,(H,11,12,16). The molecule has 2 rings (SSSR count). The maximum absolute atomic E-state index is 5.30. The van der Waals surface area contributed by atoms with E-state index < -0.39 is 0 Å². The molecular weight excluding hydrogens is 226 g/mol. The summed E-state index contributed by atoms with van der Waals surface area (Å²) in [7, 11) is 1.66. The largest absolute Gasteiger partial charge is 0.378 e. The Morgan fingerprint density at radius 2 is 2.31 bits per heavy atom. The van der Waals surface area contributed by atoms with Gasteiger partial charge in [-0.05, 0) is 6.07 Å². The Bertz CT molecular complexity index is 401. The number of methoxy groups -OCH3 is 1. The molecule has 1 aliphatic heterocycles. The van der Waals surface area contributed by atoms with Crippen molar-refractivity contribution in [3.05, 3.63) is 16.4 Å². The Labute approximate surface area is 99.4 Å². The first-order valence-electron chi connectivity index (χ1n) is 5.21. The molecule has 0 spiro atoms. The van der Waals surface area contributed by atoms with Crippen molar-refractivity contribution in [1.82, 2.24) is 9.97 Å². The molecule has 0 bridgehead atoms. The summed E-state index contributed by atoms with van der Waals surface area (Å²) in [6, 6.07) is 1.82. The average Bonchev–Trinajstić information content (AvgIpc) is 2.30. The Hall–Kier alpha value is -0.980. The highest BCUT2D eigenvalue weighted by Gasteiger charge is 2.13. The Morgan fingerprint density at radius 1 is 1.56 bits per heavy atom. The van der Waals surface area contributed by atoms with Crippen molar-refractivity contribution >= 4 is 18.2 Å². The van der Waals surface area contributed by atoms with Crippen molar-refractivity contribution < 1.29 is 9.47 Å². The summed E-state index contributed by atoms with van der Waals surface area (Å²) in [4.78, 5) is 9.67. The number of nitrogens with zero attached hydrogens (tertiary/aromatic N) is 2. The van der Waals surface area contributed by atoms with Crippen molar-refractivity contribution in [3.63, 3.8) is 0 Å². The average molecular weight is 241 g/mol. The third-order valence-corrected chi connectivity index (χ3v) is 2.61. The number of aromatic amines is 1. The third kappa shape index (κ3) is 2.78. The van der Waals surface area contributed by atoms with Crippen LogP contribution in [0.5, 0.6) is 0 Å². The summed E-state index contributed by atoms with van der Waals surface area (Å²) in [5.74, 6) is 0.808. The Kier molecular flexibility index (Phi) is 3.87. The lowest BCUT2D eigenvalue weighted by Crippen LogP contribution is -2.37. The molecule has 1 fully saturated rings. The summed E-state index contributed by atoms with van der Waals surface area (Å²) in [6.07, 6.45) is 0. The predicted molar refractivity (Wildman–Crippen MR) is 63.2 cm³/mol. The fraction of sp³-hybridized carbons (Fsp3) is 0.600. The summed E-state index contributed by atoms with van der Waals surface area (Å²) in [5.41, 5.74) is 0.948. The first-order valence-corrected chi connectivity index (χ1v) is 5.62. The van der Waals surface area contributed by atoms with E-state index in [-0.39, 0.29) is 0 Å². The van der Waals surface area contributed by atoms with Gasteiger partial charge in [-0.25, -0.2) is 4.98 Å². The first kappa shape index (κ1) is 11.5. The number of anilines is 1. The minimum absolute atomic E-state index is 0.517. The summed E-state index contributed by atoms with van der Waals surface area (Å²) in [5, 5.41) is 0. The molecule has 88 valence electrons. The number of hydrogen-bond acceptors (Lipinski definition) is 5. The highest BCUT2D eigenvalue weighted by Crippen LogP contribution is 2.11. The summed E-state index contributed by atoms with van der Waals surface area (Å²) < 4.78 is 11.0. The van der Waals surface area contributed by atoms with E-state index in [1.165, 1.54) is 0 Å². The summed E-state index contributed by atoms with van der Waals surface area (Å²) in [6.45, 7) is 3.67. The second kappa shape index (κ2) is 5.38. The highest BCUT2D eigenvalue weighted by atomic mass is 32.1. The third-order valence-electron chi connectivity index (χ3n) is 2.40. The number of hydrogen-bond donors (Lipinski definition) is 1. The quantitative estimate of drug-likeness (QED) is 0.804. The van der Waals surface area contributed by atoms with E-state index in [0.717, 1.165) is 37.9 Å². The smallest absolute Gasteiger partial charge is 0.204 e. The van der Waals surface area contributed by atoms with Crippen LogP contribution in [0.4, 0.5) is 5.95 Å². The topological polar surface area (TPSA) is 50.4 Å². The van der Waals surface area contributed by atoms with Crippen LogP contribution in [-0.4, -0.2) is 43.4 Å². The normalized spacial score (nSPS) is 16.4. The molecule has 16 heavy (non-hydrogen) atoms. The number of H-pyrrole nitrogens is 1. The van der Waals surface area contributed by atoms with E-state index in [1.54, 1.807) is 7.11 Å². The maximum Gasteiger partial charge on any atom is 0.204 e. The van der Waals surface area contributed by atoms with Gasteiger partial charge < -0.3 is 19.4 Å². The van der Waals surface area contributed by atoms with Crippen molar-refractivity contribution in [1.29, 1.82) is 0 Å². The molecule has 0 radical (unpaired) electrons. The van der Waals surface area contributed by atoms with Crippen LogP contribution < -0.4 is 4.90 Å². The number of aromatic nitrogens is 2. The summed E-state index contributed by atoms with van der Waals surface area (Å²) >= 11 is 5.13. The molecule has 6 heteroatoms. The van der Waals surface area contributed by atoms with Gasteiger partial charge in [0.1, 0.15) is 4.64 Å². The molecule has 5 nitrogen and oxygen atoms in total. The van der Waals surface area contributed by atoms with Crippen LogP contribution in [0.1, 0.15) is 5.69 Å². The highest BCUT2D eigenvalue weighted by molar-refractivity contribution is 7.71. The molecule has 2 heterocycles. The van der Waals surface area contributed by atoms with Crippen molar-refractivity contribution in [3.8, 4) is 0 Å². The molecular formula is C10H15N3O2S. The SMILES string of the molecule is COCc1cc(=S)nc(N2CCOCC2)[nH]1. The van der Waals surface area contributed by atoms with Crippen molar-refractivity contribution in [2.24, 2.45) is 0 Å². The second-order valence-corrected chi connectivity index (χ2v) is 4.02. The fourth-order valence-electron chi connectivity index (χ4n) is 1.65. The fourth-order valence-corrected chi connectivity index (χ4v) is 1.88. The molecule has 1 saturated heterocycles. The Morgan fingerprint density at radius 3 is 3.00 bits per heavy atom. The number of morpholine rings is 1. The van der Waals surface area contributed by atoms with E-state index in [0.29, 0.717) is 11.2 Å². The van der Waals surface area contributed by atoms with Crippen molar-refractivity contribution in [2.75, 3.05) is 38.3 Å². The molecule has 0 aromatic carbocycles. The molecule has 1 aromatic rings. The Balaban J connectivity index is 2.21. The molecule has 0 unspecified atom stereocenters. The predicted octanol–water partition coefficient (Wildman–Crippen LogP) is 1.12. The number of nitrogens with one attached hydrogen (secondary N) is 1. The van der Waals surface area contributed by atoms with Crippen LogP contribution in [0.15, 0.2) is 6.07 Å². The van der Waals surface area contributed by atoms with Crippen LogP contribution in [0.2, 0.25) is 0 Å². The minimum atomic E-state index is 0.517. The molecule has 0 atom stereocenters. The molecule has 0 saturated carbocycles. The van der Waals surface area contributed by atoms with E-state index in [9.17, 15) is 0 Å². The van der Waals surface area contributed by atoms with Gasteiger partial charge in [0, 0.05) is 25.9 Å².